The topological polar surface area (TPSA) is 38.7 Å². The van der Waals surface area contributed by atoms with Crippen molar-refractivity contribution in [2.45, 2.75) is 37.5 Å². The highest BCUT2D eigenvalue weighted by atomic mass is 15.0. The first-order valence-corrected chi connectivity index (χ1v) is 17.7. The quantitative estimate of drug-likeness (QED) is 0.181. The molecule has 0 spiro atoms. The van der Waals surface area contributed by atoms with Crippen LogP contribution in [0.2, 0.25) is 0 Å². The molecule has 50 heavy (non-hydrogen) atoms. The molecule has 1 saturated carbocycles. The van der Waals surface area contributed by atoms with Crippen LogP contribution >= 0.6 is 0 Å². The first-order chi connectivity index (χ1) is 24.7. The highest BCUT2D eigenvalue weighted by Crippen LogP contribution is 2.46. The molecule has 0 saturated heterocycles. The Morgan fingerprint density at radius 2 is 0.740 bits per heavy atom. The van der Waals surface area contributed by atoms with E-state index in [2.05, 4.69) is 146 Å². The molecule has 9 rings (SSSR count). The molecule has 1 aliphatic carbocycles. The lowest BCUT2D eigenvalue weighted by molar-refractivity contribution is 0.346. The summed E-state index contributed by atoms with van der Waals surface area (Å²) in [7, 11) is 0. The van der Waals surface area contributed by atoms with Gasteiger partial charge in [0.2, 0.25) is 0 Å². The number of hydrogen-bond acceptors (Lipinski definition) is 3. The van der Waals surface area contributed by atoms with E-state index < -0.39 is 0 Å². The molecule has 0 bridgehead atoms. The van der Waals surface area contributed by atoms with Gasteiger partial charge in [-0.2, -0.15) is 0 Å². The van der Waals surface area contributed by atoms with Gasteiger partial charge in [0, 0.05) is 22.1 Å². The average Bonchev–Trinajstić information content (AvgIpc) is 3.21. The van der Waals surface area contributed by atoms with Gasteiger partial charge in [0.15, 0.2) is 17.5 Å². The fourth-order valence-electron chi connectivity index (χ4n) is 7.87. The number of hydrogen-bond donors (Lipinski definition) is 0. The molecule has 3 nitrogen and oxygen atoms in total. The maximum absolute atomic E-state index is 5.06. The Labute approximate surface area is 293 Å². The van der Waals surface area contributed by atoms with Crippen LogP contribution in [0.25, 0.3) is 66.8 Å². The van der Waals surface area contributed by atoms with Crippen LogP contribution in [0.4, 0.5) is 0 Å². The molecule has 0 N–H and O–H groups in total. The van der Waals surface area contributed by atoms with Crippen LogP contribution in [0, 0.1) is 0 Å². The van der Waals surface area contributed by atoms with Crippen molar-refractivity contribution in [2.75, 3.05) is 0 Å². The van der Waals surface area contributed by atoms with Gasteiger partial charge in [-0.3, -0.25) is 0 Å². The minimum absolute atomic E-state index is 0.0107. The summed E-state index contributed by atoms with van der Waals surface area (Å²) in [4.78, 5) is 15.0. The van der Waals surface area contributed by atoms with Gasteiger partial charge < -0.3 is 0 Å². The van der Waals surface area contributed by atoms with E-state index in [1.165, 1.54) is 63.1 Å². The normalized spacial score (nSPS) is 14.2. The van der Waals surface area contributed by atoms with E-state index in [0.717, 1.165) is 29.5 Å². The molecule has 3 heteroatoms. The van der Waals surface area contributed by atoms with Crippen LogP contribution in [0.1, 0.15) is 43.2 Å². The molecule has 0 radical (unpaired) electrons. The zero-order chi connectivity index (χ0) is 33.3. The molecule has 240 valence electrons. The van der Waals surface area contributed by atoms with Gasteiger partial charge in [-0.1, -0.05) is 171 Å². The summed E-state index contributed by atoms with van der Waals surface area (Å²) >= 11 is 0. The molecule has 0 atom stereocenters. The number of rotatable bonds is 6. The third-order valence-electron chi connectivity index (χ3n) is 10.6. The van der Waals surface area contributed by atoms with Crippen molar-refractivity contribution in [3.8, 4) is 45.3 Å². The molecular weight excluding hydrogens is 607 g/mol. The Morgan fingerprint density at radius 1 is 0.320 bits per heavy atom. The van der Waals surface area contributed by atoms with Crippen molar-refractivity contribution in [1.29, 1.82) is 0 Å². The van der Waals surface area contributed by atoms with Crippen molar-refractivity contribution < 1.29 is 0 Å². The molecule has 0 unspecified atom stereocenters. The molecule has 7 aromatic carbocycles. The summed E-state index contributed by atoms with van der Waals surface area (Å²) in [6.45, 7) is 0. The van der Waals surface area contributed by atoms with Crippen LogP contribution in [-0.2, 0) is 5.41 Å². The molecule has 8 aromatic rings. The van der Waals surface area contributed by atoms with E-state index in [1.54, 1.807) is 0 Å². The van der Waals surface area contributed by atoms with Gasteiger partial charge in [0.1, 0.15) is 0 Å². The second-order valence-corrected chi connectivity index (χ2v) is 13.6. The van der Waals surface area contributed by atoms with Gasteiger partial charge in [0.05, 0.1) is 0 Å². The monoisotopic (exact) mass is 643 g/mol. The van der Waals surface area contributed by atoms with Crippen LogP contribution < -0.4 is 0 Å². The number of nitrogens with zero attached hydrogens (tertiary/aromatic N) is 3. The third kappa shape index (κ3) is 5.65. The first kappa shape index (κ1) is 30.2. The van der Waals surface area contributed by atoms with E-state index in [-0.39, 0.29) is 5.41 Å². The largest absolute Gasteiger partial charge is 0.208 e. The second kappa shape index (κ2) is 12.8. The minimum Gasteiger partial charge on any atom is -0.208 e. The van der Waals surface area contributed by atoms with Gasteiger partial charge in [0.25, 0.3) is 0 Å². The number of aromatic nitrogens is 3. The summed E-state index contributed by atoms with van der Waals surface area (Å²) in [5.74, 6) is 2.04. The summed E-state index contributed by atoms with van der Waals surface area (Å²) in [6.07, 6.45) is 6.06. The Hall–Kier alpha value is -5.93. The van der Waals surface area contributed by atoms with Gasteiger partial charge in [-0.05, 0) is 68.8 Å². The smallest absolute Gasteiger partial charge is 0.164 e. The summed E-state index contributed by atoms with van der Waals surface area (Å²) < 4.78 is 0. The molecule has 1 heterocycles. The molecule has 0 aliphatic heterocycles. The molecule has 1 aliphatic rings. The molecular formula is C47H37N3. The van der Waals surface area contributed by atoms with Crippen LogP contribution in [0.15, 0.2) is 164 Å². The lowest BCUT2D eigenvalue weighted by Gasteiger charge is -2.39. The van der Waals surface area contributed by atoms with Crippen LogP contribution in [0.3, 0.4) is 0 Å². The number of fused-ring (bicyclic) bond motifs is 2. The fourth-order valence-corrected chi connectivity index (χ4v) is 7.87. The predicted octanol–water partition coefficient (Wildman–Crippen LogP) is 12.1. The van der Waals surface area contributed by atoms with Gasteiger partial charge in [-0.25, -0.2) is 15.0 Å². The van der Waals surface area contributed by atoms with Gasteiger partial charge >= 0.3 is 0 Å². The average molecular weight is 644 g/mol. The highest BCUT2D eigenvalue weighted by Gasteiger charge is 2.35. The summed E-state index contributed by atoms with van der Waals surface area (Å²) in [5, 5.41) is 4.91. The van der Waals surface area contributed by atoms with E-state index in [0.29, 0.717) is 17.5 Å². The maximum Gasteiger partial charge on any atom is 0.164 e. The minimum atomic E-state index is -0.0107. The molecule has 1 fully saturated rings. The first-order valence-electron chi connectivity index (χ1n) is 17.7. The fraction of sp³-hybridized carbons (Fsp3) is 0.128. The van der Waals surface area contributed by atoms with E-state index >= 15 is 0 Å². The predicted molar refractivity (Wildman–Crippen MR) is 207 cm³/mol. The molecule has 0 amide bonds. The zero-order valence-electron chi connectivity index (χ0n) is 28.0. The van der Waals surface area contributed by atoms with Crippen LogP contribution in [0.5, 0.6) is 0 Å². The van der Waals surface area contributed by atoms with Crippen molar-refractivity contribution in [2.24, 2.45) is 0 Å². The lowest BCUT2D eigenvalue weighted by atomic mass is 9.65. The van der Waals surface area contributed by atoms with E-state index in [1.807, 2.05) is 18.2 Å². The summed E-state index contributed by atoms with van der Waals surface area (Å²) in [5.41, 5.74) is 8.22. The highest BCUT2D eigenvalue weighted by molar-refractivity contribution is 5.88. The third-order valence-corrected chi connectivity index (χ3v) is 10.6. The maximum atomic E-state index is 5.06. The van der Waals surface area contributed by atoms with Gasteiger partial charge in [-0.15, -0.1) is 0 Å². The Balaban J connectivity index is 1.08. The number of benzene rings is 7. The van der Waals surface area contributed by atoms with Crippen molar-refractivity contribution in [1.82, 2.24) is 15.0 Å². The van der Waals surface area contributed by atoms with Crippen molar-refractivity contribution >= 4 is 21.5 Å². The Kier molecular flexibility index (Phi) is 7.74. The standard InChI is InChI=1S/C47H37N3/c1-3-13-36(14-4-1)44-48-45(50-46(49-44)41-20-18-34-12-6-8-16-39(34)32-41)37-23-27-43(28-24-37)47(29-9-2-10-30-47)42-25-21-35(22-26-42)40-19-17-33-11-5-7-15-38(33)31-40/h1,3-8,11-28,31-32H,2,9-10,29-30H2. The van der Waals surface area contributed by atoms with E-state index in [9.17, 15) is 0 Å². The lowest BCUT2D eigenvalue weighted by Crippen LogP contribution is -2.30. The van der Waals surface area contributed by atoms with Crippen molar-refractivity contribution in [3.05, 3.63) is 175 Å². The van der Waals surface area contributed by atoms with E-state index in [4.69, 9.17) is 15.0 Å². The molecule has 1 aromatic heterocycles. The zero-order valence-corrected chi connectivity index (χ0v) is 28.0. The van der Waals surface area contributed by atoms with Crippen molar-refractivity contribution in [3.63, 3.8) is 0 Å². The SMILES string of the molecule is c1ccc(-c2nc(-c3ccc(C4(c5ccc(-c6ccc7ccccc7c6)cc5)CCCCC4)cc3)nc(-c3ccc4ccccc4c3)n2)cc1. The summed E-state index contributed by atoms with van der Waals surface area (Å²) in [6, 6.07) is 58.8. The second-order valence-electron chi connectivity index (χ2n) is 13.6. The van der Waals surface area contributed by atoms with Crippen LogP contribution in [-0.4, -0.2) is 15.0 Å². The Morgan fingerprint density at radius 3 is 1.32 bits per heavy atom. The Bertz CT molecular complexity index is 2440.